The Hall–Kier alpha value is -0.170. The van der Waals surface area contributed by atoms with Crippen LogP contribution in [0, 0.1) is 11.8 Å². The average Bonchev–Trinajstić information content (AvgIpc) is 2.26. The van der Waals surface area contributed by atoms with Crippen molar-refractivity contribution in [3.8, 4) is 0 Å². The van der Waals surface area contributed by atoms with Crippen molar-refractivity contribution < 1.29 is 8.42 Å². The van der Waals surface area contributed by atoms with E-state index in [9.17, 15) is 8.42 Å². The first-order valence-corrected chi connectivity index (χ1v) is 7.43. The normalized spacial score (nSPS) is 19.2. The summed E-state index contributed by atoms with van der Waals surface area (Å²) in [7, 11) is -3.30. The van der Waals surface area contributed by atoms with Crippen LogP contribution in [0.15, 0.2) is 0 Å². The molecule has 0 aromatic carbocycles. The average molecular weight is 249 g/mol. The predicted molar refractivity (Wildman–Crippen MR) is 65.4 cm³/mol. The highest BCUT2D eigenvalue weighted by Gasteiger charge is 2.16. The molecule has 0 aromatic heterocycles. The van der Waals surface area contributed by atoms with Crippen molar-refractivity contribution in [2.45, 2.75) is 26.7 Å². The molecule has 1 aliphatic rings. The van der Waals surface area contributed by atoms with Gasteiger partial charge in [0.1, 0.15) is 0 Å². The summed E-state index contributed by atoms with van der Waals surface area (Å²) in [6.45, 7) is 6.99. The highest BCUT2D eigenvalue weighted by Crippen LogP contribution is 2.09. The summed E-state index contributed by atoms with van der Waals surface area (Å²) in [5.74, 6) is 0.798. The molecule has 0 bridgehead atoms. The van der Waals surface area contributed by atoms with Gasteiger partial charge in [-0.15, -0.1) is 0 Å². The van der Waals surface area contributed by atoms with Gasteiger partial charge in [0, 0.05) is 13.1 Å². The zero-order valence-corrected chi connectivity index (χ0v) is 10.9. The monoisotopic (exact) mass is 249 g/mol. The van der Waals surface area contributed by atoms with Gasteiger partial charge < -0.3 is 5.32 Å². The molecule has 1 saturated heterocycles. The van der Waals surface area contributed by atoms with E-state index in [2.05, 4.69) is 14.8 Å². The number of piperidine rings is 1. The lowest BCUT2D eigenvalue weighted by molar-refractivity contribution is 0.371. The van der Waals surface area contributed by atoms with Gasteiger partial charge in [-0.05, 0) is 37.8 Å². The quantitative estimate of drug-likeness (QED) is 0.624. The predicted octanol–water partition coefficient (Wildman–Crippen LogP) is 0.0660. The van der Waals surface area contributed by atoms with Crippen molar-refractivity contribution in [2.24, 2.45) is 11.8 Å². The van der Waals surface area contributed by atoms with Gasteiger partial charge in [0.05, 0.1) is 0 Å². The van der Waals surface area contributed by atoms with Gasteiger partial charge in [-0.3, -0.25) is 0 Å². The lowest BCUT2D eigenvalue weighted by atomic mass is 9.99. The molecule has 0 atom stereocenters. The molecule has 0 saturated carbocycles. The maximum absolute atomic E-state index is 11.5. The van der Waals surface area contributed by atoms with E-state index >= 15 is 0 Å². The van der Waals surface area contributed by atoms with E-state index in [1.807, 2.05) is 13.8 Å². The molecular formula is C10H23N3O2S. The molecule has 1 heterocycles. The fourth-order valence-corrected chi connectivity index (χ4v) is 2.75. The molecule has 5 nitrogen and oxygen atoms in total. The van der Waals surface area contributed by atoms with Crippen LogP contribution in [0.5, 0.6) is 0 Å². The van der Waals surface area contributed by atoms with E-state index in [0.717, 1.165) is 25.9 Å². The minimum absolute atomic E-state index is 0.329. The second-order valence-electron chi connectivity index (χ2n) is 4.79. The molecule has 3 N–H and O–H groups in total. The summed E-state index contributed by atoms with van der Waals surface area (Å²) in [5.41, 5.74) is 0. The molecule has 0 amide bonds. The fraction of sp³-hybridized carbons (Fsp3) is 1.00. The Labute approximate surface area is 98.6 Å². The molecule has 1 fully saturated rings. The summed E-state index contributed by atoms with van der Waals surface area (Å²) in [6.07, 6.45) is 2.10. The molecule has 0 aliphatic carbocycles. The Morgan fingerprint density at radius 1 is 1.25 bits per heavy atom. The lowest BCUT2D eigenvalue weighted by Crippen LogP contribution is -2.42. The van der Waals surface area contributed by atoms with Crippen LogP contribution in [0.25, 0.3) is 0 Å². The van der Waals surface area contributed by atoms with Gasteiger partial charge in [0.25, 0.3) is 10.2 Å². The molecule has 0 aromatic rings. The van der Waals surface area contributed by atoms with Crippen LogP contribution >= 0.6 is 0 Å². The molecule has 1 rings (SSSR count). The van der Waals surface area contributed by atoms with Crippen LogP contribution < -0.4 is 14.8 Å². The largest absolute Gasteiger partial charge is 0.317 e. The minimum Gasteiger partial charge on any atom is -0.317 e. The van der Waals surface area contributed by atoms with Crippen molar-refractivity contribution in [3.05, 3.63) is 0 Å². The van der Waals surface area contributed by atoms with Crippen molar-refractivity contribution in [2.75, 3.05) is 26.2 Å². The van der Waals surface area contributed by atoms with Crippen molar-refractivity contribution >= 4 is 10.2 Å². The van der Waals surface area contributed by atoms with Crippen LogP contribution in [-0.4, -0.2) is 34.6 Å². The van der Waals surface area contributed by atoms with Crippen LogP contribution in [0.1, 0.15) is 26.7 Å². The van der Waals surface area contributed by atoms with Crippen molar-refractivity contribution in [3.63, 3.8) is 0 Å². The Morgan fingerprint density at radius 2 is 1.88 bits per heavy atom. The van der Waals surface area contributed by atoms with Crippen LogP contribution in [0.2, 0.25) is 0 Å². The highest BCUT2D eigenvalue weighted by molar-refractivity contribution is 7.87. The zero-order valence-electron chi connectivity index (χ0n) is 10.1. The second-order valence-corrected chi connectivity index (χ2v) is 6.37. The third-order valence-electron chi connectivity index (χ3n) is 2.70. The highest BCUT2D eigenvalue weighted by atomic mass is 32.2. The van der Waals surface area contributed by atoms with Gasteiger partial charge in [-0.1, -0.05) is 13.8 Å². The Kier molecular flexibility index (Phi) is 5.68. The lowest BCUT2D eigenvalue weighted by Gasteiger charge is -2.22. The maximum atomic E-state index is 11.5. The van der Waals surface area contributed by atoms with Crippen LogP contribution in [0.4, 0.5) is 0 Å². The van der Waals surface area contributed by atoms with E-state index < -0.39 is 10.2 Å². The molecule has 0 radical (unpaired) electrons. The van der Waals surface area contributed by atoms with E-state index in [0.29, 0.717) is 24.9 Å². The smallest absolute Gasteiger partial charge is 0.276 e. The summed E-state index contributed by atoms with van der Waals surface area (Å²) < 4.78 is 28.2. The number of hydrogen-bond acceptors (Lipinski definition) is 3. The van der Waals surface area contributed by atoms with E-state index in [4.69, 9.17) is 0 Å². The van der Waals surface area contributed by atoms with Crippen LogP contribution in [0.3, 0.4) is 0 Å². The first kappa shape index (κ1) is 13.9. The van der Waals surface area contributed by atoms with Crippen molar-refractivity contribution in [1.29, 1.82) is 0 Å². The van der Waals surface area contributed by atoms with E-state index in [1.54, 1.807) is 0 Å². The number of nitrogens with one attached hydrogen (secondary N) is 3. The topological polar surface area (TPSA) is 70.2 Å². The SMILES string of the molecule is CC(C)CNS(=O)(=O)NCC1CCNCC1. The molecule has 6 heteroatoms. The second kappa shape index (κ2) is 6.54. The van der Waals surface area contributed by atoms with E-state index in [1.165, 1.54) is 0 Å². The zero-order chi connectivity index (χ0) is 12.0. The van der Waals surface area contributed by atoms with Gasteiger partial charge in [-0.2, -0.15) is 8.42 Å². The molecule has 96 valence electrons. The summed E-state index contributed by atoms with van der Waals surface area (Å²) in [5, 5.41) is 3.26. The van der Waals surface area contributed by atoms with Crippen LogP contribution in [-0.2, 0) is 10.2 Å². The number of hydrogen-bond donors (Lipinski definition) is 3. The summed E-state index contributed by atoms with van der Waals surface area (Å²) in [6, 6.07) is 0. The van der Waals surface area contributed by atoms with E-state index in [-0.39, 0.29) is 0 Å². The Balaban J connectivity index is 2.24. The maximum Gasteiger partial charge on any atom is 0.276 e. The van der Waals surface area contributed by atoms with Gasteiger partial charge in [0.15, 0.2) is 0 Å². The molecule has 1 aliphatic heterocycles. The van der Waals surface area contributed by atoms with Crippen molar-refractivity contribution in [1.82, 2.24) is 14.8 Å². The first-order chi connectivity index (χ1) is 7.49. The molecule has 0 unspecified atom stereocenters. The molecular weight excluding hydrogens is 226 g/mol. The molecule has 16 heavy (non-hydrogen) atoms. The Morgan fingerprint density at radius 3 is 2.44 bits per heavy atom. The fourth-order valence-electron chi connectivity index (χ4n) is 1.64. The number of rotatable bonds is 6. The minimum atomic E-state index is -3.30. The van der Waals surface area contributed by atoms with Gasteiger partial charge in [0.2, 0.25) is 0 Å². The van der Waals surface area contributed by atoms with Gasteiger partial charge >= 0.3 is 0 Å². The molecule has 0 spiro atoms. The first-order valence-electron chi connectivity index (χ1n) is 5.94. The van der Waals surface area contributed by atoms with Gasteiger partial charge in [-0.25, -0.2) is 9.44 Å². The standard InChI is InChI=1S/C10H23N3O2S/c1-9(2)7-12-16(14,15)13-8-10-3-5-11-6-4-10/h9-13H,3-8H2,1-2H3. The third kappa shape index (κ3) is 5.79. The summed E-state index contributed by atoms with van der Waals surface area (Å²) >= 11 is 0. The summed E-state index contributed by atoms with van der Waals surface area (Å²) in [4.78, 5) is 0. The third-order valence-corrected chi connectivity index (χ3v) is 3.80. The Bertz CT molecular complexity index is 284.